The van der Waals surface area contributed by atoms with E-state index in [0.29, 0.717) is 38.3 Å². The molecule has 2 bridgehead atoms. The number of unbranched alkanes of at least 4 members (excludes halogenated alkanes) is 1. The predicted octanol–water partition coefficient (Wildman–Crippen LogP) is 4.92. The van der Waals surface area contributed by atoms with Gasteiger partial charge in [-0.2, -0.15) is 0 Å². The summed E-state index contributed by atoms with van der Waals surface area (Å²) >= 11 is 1.66. The van der Waals surface area contributed by atoms with Gasteiger partial charge in [0, 0.05) is 30.1 Å². The van der Waals surface area contributed by atoms with Gasteiger partial charge < -0.3 is 24.5 Å². The molecule has 0 radical (unpaired) electrons. The van der Waals surface area contributed by atoms with Crippen LogP contribution >= 0.6 is 11.8 Å². The van der Waals surface area contributed by atoms with Crippen LogP contribution in [0, 0.1) is 17.8 Å². The summed E-state index contributed by atoms with van der Waals surface area (Å²) in [5, 5.41) is 10.5. The number of aliphatic hydroxyl groups is 1. The van der Waals surface area contributed by atoms with E-state index in [1.807, 2.05) is 49.9 Å². The topological polar surface area (TPSA) is 90.4 Å². The Labute approximate surface area is 261 Å². The van der Waals surface area contributed by atoms with Crippen LogP contribution in [0.5, 0.6) is 5.75 Å². The number of likely N-dealkylation sites (tertiary alicyclic amines) is 1. The van der Waals surface area contributed by atoms with Crippen molar-refractivity contribution in [2.24, 2.45) is 17.8 Å². The summed E-state index contributed by atoms with van der Waals surface area (Å²) < 4.78 is 4.34. The van der Waals surface area contributed by atoms with Gasteiger partial charge in [0.15, 0.2) is 0 Å². The van der Waals surface area contributed by atoms with E-state index in [9.17, 15) is 19.5 Å². The van der Waals surface area contributed by atoms with Crippen LogP contribution in [-0.2, 0) is 14.4 Å². The highest BCUT2D eigenvalue weighted by molar-refractivity contribution is 8.02. The number of aliphatic hydroxyl groups excluding tert-OH is 1. The number of carbonyl (C=O) groups excluding carboxylic acids is 3. The Morgan fingerprint density at radius 3 is 2.37 bits per heavy atom. The molecule has 1 spiro atoms. The molecule has 8 nitrogen and oxygen atoms in total. The molecule has 3 saturated heterocycles. The van der Waals surface area contributed by atoms with Gasteiger partial charge in [-0.25, -0.2) is 0 Å². The van der Waals surface area contributed by atoms with Gasteiger partial charge in [-0.3, -0.25) is 14.4 Å². The summed E-state index contributed by atoms with van der Waals surface area (Å²) in [7, 11) is 0. The number of fused-ring (bicyclic) bond motifs is 1. The van der Waals surface area contributed by atoms with Gasteiger partial charge in [0.05, 0.1) is 35.8 Å². The molecule has 9 heteroatoms. The first-order valence-corrected chi connectivity index (χ1v) is 16.5. The van der Waals surface area contributed by atoms with Crippen LogP contribution in [0.2, 0.25) is 0 Å². The zero-order valence-electron chi connectivity index (χ0n) is 26.5. The SMILES string of the molecule is C=CCN(CCCC)C(=O)C1N([C@@H](CO)C(C)C)C(=O)[C@@H]2[C@H](C(=O)N(CC=C)c3ccc(OCC)cc3)[C@]3(C)CCC12S3. The number of thioether (sulfide) groups is 1. The fraction of sp³-hybridized carbons (Fsp3) is 0.618. The molecule has 236 valence electrons. The van der Waals surface area contributed by atoms with E-state index in [1.54, 1.807) is 33.7 Å². The standard InChI is InChI=1S/C34H49N3O5S/c1-8-12-21-35(19-9-2)32(41)29-34-18-17-33(7,43-34)27(28(34)31(40)37(29)26(22-38)23(5)6)30(39)36(20-10-3)24-13-15-25(16-14-24)42-11-4/h9-10,13-16,23,26-29,38H,2-3,8,11-12,17-22H2,1,4-7H3/t26-,27+,28-,29?,33-,34?/m0/s1. The first-order valence-electron chi connectivity index (χ1n) is 15.7. The Morgan fingerprint density at radius 2 is 1.81 bits per heavy atom. The van der Waals surface area contributed by atoms with Crippen LogP contribution in [0.15, 0.2) is 49.6 Å². The Morgan fingerprint density at radius 1 is 1.14 bits per heavy atom. The zero-order valence-corrected chi connectivity index (χ0v) is 27.3. The molecular weight excluding hydrogens is 562 g/mol. The van der Waals surface area contributed by atoms with Crippen molar-refractivity contribution >= 4 is 35.2 Å². The molecule has 2 unspecified atom stereocenters. The summed E-state index contributed by atoms with van der Waals surface area (Å²) in [6, 6.07) is 6.12. The van der Waals surface area contributed by atoms with Crippen molar-refractivity contribution in [3.05, 3.63) is 49.6 Å². The number of nitrogens with zero attached hydrogens (tertiary/aromatic N) is 3. The van der Waals surface area contributed by atoms with Crippen LogP contribution in [0.1, 0.15) is 60.3 Å². The molecular formula is C34H49N3O5S. The first-order chi connectivity index (χ1) is 20.5. The molecule has 6 atom stereocenters. The average molecular weight is 612 g/mol. The van der Waals surface area contributed by atoms with Gasteiger partial charge in [-0.05, 0) is 63.3 Å². The quantitative estimate of drug-likeness (QED) is 0.283. The second kappa shape index (κ2) is 13.5. The summed E-state index contributed by atoms with van der Waals surface area (Å²) in [6.07, 6.45) is 6.59. The summed E-state index contributed by atoms with van der Waals surface area (Å²) in [6.45, 7) is 19.4. The third-order valence-corrected chi connectivity index (χ3v) is 11.5. The van der Waals surface area contributed by atoms with E-state index in [0.717, 1.165) is 25.0 Å². The maximum Gasteiger partial charge on any atom is 0.247 e. The second-order valence-corrected chi connectivity index (χ2v) is 14.5. The van der Waals surface area contributed by atoms with Crippen LogP contribution in [0.3, 0.4) is 0 Å². The molecule has 1 N–H and O–H groups in total. The third-order valence-electron chi connectivity index (χ3n) is 9.51. The minimum atomic E-state index is -0.760. The van der Waals surface area contributed by atoms with E-state index in [1.165, 1.54) is 0 Å². The summed E-state index contributed by atoms with van der Waals surface area (Å²) in [4.78, 5) is 49.1. The lowest BCUT2D eigenvalue weighted by molar-refractivity contribution is -0.146. The van der Waals surface area contributed by atoms with Crippen LogP contribution in [0.25, 0.3) is 0 Å². The Bertz CT molecular complexity index is 1200. The molecule has 3 heterocycles. The fourth-order valence-electron chi connectivity index (χ4n) is 7.47. The van der Waals surface area contributed by atoms with Crippen molar-refractivity contribution in [3.8, 4) is 5.75 Å². The Kier molecular flexibility index (Phi) is 10.4. The molecule has 0 saturated carbocycles. The minimum Gasteiger partial charge on any atom is -0.494 e. The lowest BCUT2D eigenvalue weighted by Crippen LogP contribution is -2.58. The number of amides is 3. The number of rotatable bonds is 15. The van der Waals surface area contributed by atoms with E-state index in [-0.39, 0.29) is 30.2 Å². The van der Waals surface area contributed by atoms with Gasteiger partial charge in [-0.1, -0.05) is 39.3 Å². The molecule has 43 heavy (non-hydrogen) atoms. The summed E-state index contributed by atoms with van der Waals surface area (Å²) in [5.41, 5.74) is 0.709. The van der Waals surface area contributed by atoms with Crippen molar-refractivity contribution in [2.75, 3.05) is 37.7 Å². The highest BCUT2D eigenvalue weighted by Gasteiger charge is 2.78. The van der Waals surface area contributed by atoms with E-state index in [2.05, 4.69) is 27.0 Å². The molecule has 1 aromatic carbocycles. The van der Waals surface area contributed by atoms with Gasteiger partial charge >= 0.3 is 0 Å². The van der Waals surface area contributed by atoms with Crippen molar-refractivity contribution in [3.63, 3.8) is 0 Å². The average Bonchev–Trinajstić information content (AvgIpc) is 3.55. The number of ether oxygens (including phenoxy) is 1. The molecule has 4 rings (SSSR count). The van der Waals surface area contributed by atoms with E-state index in [4.69, 9.17) is 4.74 Å². The predicted molar refractivity (Wildman–Crippen MR) is 173 cm³/mol. The van der Waals surface area contributed by atoms with Crippen LogP contribution < -0.4 is 9.64 Å². The zero-order chi connectivity index (χ0) is 31.5. The Balaban J connectivity index is 1.80. The summed E-state index contributed by atoms with van der Waals surface area (Å²) in [5.74, 6) is -1.08. The maximum absolute atomic E-state index is 14.7. The molecule has 0 aromatic heterocycles. The number of carbonyl (C=O) groups is 3. The normalized spacial score (nSPS) is 28.1. The van der Waals surface area contributed by atoms with Gasteiger partial charge in [0.2, 0.25) is 17.7 Å². The fourth-order valence-corrected chi connectivity index (χ4v) is 9.80. The van der Waals surface area contributed by atoms with Crippen molar-refractivity contribution in [1.29, 1.82) is 0 Å². The van der Waals surface area contributed by atoms with Crippen molar-refractivity contribution < 1.29 is 24.2 Å². The maximum atomic E-state index is 14.7. The smallest absolute Gasteiger partial charge is 0.247 e. The van der Waals surface area contributed by atoms with Crippen molar-refractivity contribution in [1.82, 2.24) is 9.80 Å². The molecule has 0 aliphatic carbocycles. The van der Waals surface area contributed by atoms with Crippen molar-refractivity contribution in [2.45, 2.75) is 81.9 Å². The van der Waals surface area contributed by atoms with Gasteiger partial charge in [0.25, 0.3) is 0 Å². The first kappa shape index (κ1) is 33.1. The number of anilines is 1. The Hall–Kier alpha value is -2.78. The monoisotopic (exact) mass is 611 g/mol. The van der Waals surface area contributed by atoms with E-state index < -0.39 is 33.4 Å². The third kappa shape index (κ3) is 5.75. The van der Waals surface area contributed by atoms with E-state index >= 15 is 0 Å². The molecule has 3 aliphatic heterocycles. The molecule has 3 amide bonds. The largest absolute Gasteiger partial charge is 0.494 e. The lowest BCUT2D eigenvalue weighted by Gasteiger charge is -2.40. The second-order valence-electron chi connectivity index (χ2n) is 12.6. The number of hydrogen-bond donors (Lipinski definition) is 1. The highest BCUT2D eigenvalue weighted by Crippen LogP contribution is 2.72. The number of hydrogen-bond acceptors (Lipinski definition) is 6. The molecule has 3 aliphatic rings. The van der Waals surface area contributed by atoms with Gasteiger partial charge in [0.1, 0.15) is 11.8 Å². The van der Waals surface area contributed by atoms with Crippen LogP contribution in [-0.4, -0.2) is 87.1 Å². The molecule has 3 fully saturated rings. The number of benzene rings is 1. The van der Waals surface area contributed by atoms with Crippen LogP contribution in [0.4, 0.5) is 5.69 Å². The highest BCUT2D eigenvalue weighted by atomic mass is 32.2. The van der Waals surface area contributed by atoms with Gasteiger partial charge in [-0.15, -0.1) is 24.9 Å². The lowest BCUT2D eigenvalue weighted by atomic mass is 9.66. The molecule has 1 aromatic rings. The minimum absolute atomic E-state index is 0.0731.